The number of rotatable bonds is 7. The summed E-state index contributed by atoms with van der Waals surface area (Å²) in [5.74, 6) is 0. The van der Waals surface area contributed by atoms with E-state index in [1.54, 1.807) is 0 Å². The highest BCUT2D eigenvalue weighted by atomic mass is 15.1. The number of aromatic nitrogens is 3. The van der Waals surface area contributed by atoms with Gasteiger partial charge in [-0.05, 0) is 40.3 Å². The Bertz CT molecular complexity index is 1520. The molecular formula is C34H27N3. The molecule has 0 aliphatic heterocycles. The van der Waals surface area contributed by atoms with Crippen molar-refractivity contribution in [2.75, 3.05) is 0 Å². The van der Waals surface area contributed by atoms with Crippen LogP contribution in [0.4, 0.5) is 0 Å². The lowest BCUT2D eigenvalue weighted by Gasteiger charge is -2.37. The zero-order chi connectivity index (χ0) is 24.9. The Kier molecular flexibility index (Phi) is 6.18. The van der Waals surface area contributed by atoms with E-state index in [1.807, 2.05) is 18.6 Å². The maximum Gasteiger partial charge on any atom is 0.177 e. The van der Waals surface area contributed by atoms with Gasteiger partial charge in [0.1, 0.15) is 5.54 Å². The van der Waals surface area contributed by atoms with Crippen LogP contribution in [-0.4, -0.2) is 14.5 Å². The van der Waals surface area contributed by atoms with Crippen molar-refractivity contribution in [1.29, 1.82) is 0 Å². The molecule has 37 heavy (non-hydrogen) atoms. The van der Waals surface area contributed by atoms with Crippen LogP contribution in [0.1, 0.15) is 27.8 Å². The second-order valence-electron chi connectivity index (χ2n) is 9.13. The highest BCUT2D eigenvalue weighted by Crippen LogP contribution is 2.42. The molecule has 0 fully saturated rings. The van der Waals surface area contributed by atoms with Gasteiger partial charge in [-0.25, -0.2) is 9.97 Å². The first-order chi connectivity index (χ1) is 18.4. The molecule has 2 aromatic heterocycles. The SMILES string of the molecule is C(=C\c1cnc2ncn(C(c3ccccc3)(c3ccccc3)c3ccccc3)c2c1)/Cc1ccccc1. The first-order valence-electron chi connectivity index (χ1n) is 12.6. The fraction of sp³-hybridized carbons (Fsp3) is 0.0588. The molecule has 0 unspecified atom stereocenters. The Balaban J connectivity index is 1.56. The van der Waals surface area contributed by atoms with Gasteiger partial charge in [0.2, 0.25) is 0 Å². The molecule has 0 saturated carbocycles. The Hall–Kier alpha value is -4.76. The van der Waals surface area contributed by atoms with Crippen LogP contribution < -0.4 is 0 Å². The third kappa shape index (κ3) is 4.25. The molecule has 6 rings (SSSR count). The summed E-state index contributed by atoms with van der Waals surface area (Å²) in [5.41, 5.74) is 6.92. The van der Waals surface area contributed by atoms with Crippen LogP contribution in [0.25, 0.3) is 17.2 Å². The van der Waals surface area contributed by atoms with Crippen molar-refractivity contribution in [3.63, 3.8) is 0 Å². The molecule has 0 aliphatic carbocycles. The third-order valence-electron chi connectivity index (χ3n) is 6.87. The molecule has 4 aromatic carbocycles. The average Bonchev–Trinajstić information content (AvgIpc) is 3.39. The summed E-state index contributed by atoms with van der Waals surface area (Å²) in [6.07, 6.45) is 9.04. The second-order valence-corrected chi connectivity index (χ2v) is 9.13. The Morgan fingerprint density at radius 3 is 1.68 bits per heavy atom. The summed E-state index contributed by atoms with van der Waals surface area (Å²) in [4.78, 5) is 9.50. The number of pyridine rings is 1. The van der Waals surface area contributed by atoms with E-state index in [9.17, 15) is 0 Å². The normalized spacial score (nSPS) is 11.8. The summed E-state index contributed by atoms with van der Waals surface area (Å²) in [6, 6.07) is 44.7. The van der Waals surface area contributed by atoms with Gasteiger partial charge in [-0.15, -0.1) is 0 Å². The first kappa shape index (κ1) is 22.7. The number of benzene rings is 4. The van der Waals surface area contributed by atoms with Crippen LogP contribution in [0.3, 0.4) is 0 Å². The van der Waals surface area contributed by atoms with Crippen LogP contribution >= 0.6 is 0 Å². The predicted octanol–water partition coefficient (Wildman–Crippen LogP) is 7.53. The van der Waals surface area contributed by atoms with Gasteiger partial charge < -0.3 is 4.57 Å². The van der Waals surface area contributed by atoms with Gasteiger partial charge in [0, 0.05) is 6.20 Å². The summed E-state index contributed by atoms with van der Waals surface area (Å²) in [6.45, 7) is 0. The highest BCUT2D eigenvalue weighted by Gasteiger charge is 2.39. The fourth-order valence-electron chi connectivity index (χ4n) is 5.17. The number of hydrogen-bond donors (Lipinski definition) is 0. The van der Waals surface area contributed by atoms with Gasteiger partial charge in [-0.3, -0.25) is 0 Å². The monoisotopic (exact) mass is 477 g/mol. The molecule has 3 heteroatoms. The minimum atomic E-state index is -0.618. The molecule has 2 heterocycles. The van der Waals surface area contributed by atoms with Crippen LogP contribution in [0.15, 0.2) is 146 Å². The van der Waals surface area contributed by atoms with Gasteiger partial charge in [0.05, 0.1) is 11.8 Å². The van der Waals surface area contributed by atoms with Gasteiger partial charge in [0.25, 0.3) is 0 Å². The summed E-state index contributed by atoms with van der Waals surface area (Å²) in [7, 11) is 0. The van der Waals surface area contributed by atoms with Crippen molar-refractivity contribution >= 4 is 17.2 Å². The standard InChI is InChI=1S/C34H27N3/c1-5-14-27(15-6-1)16-13-17-28-24-32-33(35-25-28)36-26-37(32)34(29-18-7-2-8-19-29,30-20-9-3-10-21-30)31-22-11-4-12-23-31/h1-15,17-26H,16H2/b17-13+. The lowest BCUT2D eigenvalue weighted by molar-refractivity contribution is 0.529. The van der Waals surface area contributed by atoms with E-state index in [0.29, 0.717) is 0 Å². The molecule has 0 radical (unpaired) electrons. The molecular weight excluding hydrogens is 450 g/mol. The van der Waals surface area contributed by atoms with E-state index in [0.717, 1.165) is 39.8 Å². The van der Waals surface area contributed by atoms with Crippen LogP contribution in [0.2, 0.25) is 0 Å². The Labute approximate surface area is 217 Å². The zero-order valence-corrected chi connectivity index (χ0v) is 20.5. The topological polar surface area (TPSA) is 30.7 Å². The van der Waals surface area contributed by atoms with Crippen molar-refractivity contribution in [3.05, 3.63) is 174 Å². The van der Waals surface area contributed by atoms with Crippen molar-refractivity contribution < 1.29 is 0 Å². The Morgan fingerprint density at radius 2 is 1.14 bits per heavy atom. The molecule has 3 nitrogen and oxygen atoms in total. The lowest BCUT2D eigenvalue weighted by atomic mass is 9.76. The molecule has 0 amide bonds. The second kappa shape index (κ2) is 10.1. The van der Waals surface area contributed by atoms with E-state index < -0.39 is 5.54 Å². The third-order valence-corrected chi connectivity index (χ3v) is 6.87. The summed E-state index contributed by atoms with van der Waals surface area (Å²) in [5, 5.41) is 0. The number of nitrogens with zero attached hydrogens (tertiary/aromatic N) is 3. The number of hydrogen-bond acceptors (Lipinski definition) is 2. The smallest absolute Gasteiger partial charge is 0.177 e. The number of fused-ring (bicyclic) bond motifs is 1. The summed E-state index contributed by atoms with van der Waals surface area (Å²) < 4.78 is 2.28. The molecule has 0 aliphatic rings. The van der Waals surface area contributed by atoms with Crippen LogP contribution in [0, 0.1) is 0 Å². The molecule has 178 valence electrons. The zero-order valence-electron chi connectivity index (χ0n) is 20.5. The minimum absolute atomic E-state index is 0.618. The van der Waals surface area contributed by atoms with Crippen molar-refractivity contribution in [1.82, 2.24) is 14.5 Å². The molecule has 0 spiro atoms. The van der Waals surface area contributed by atoms with E-state index >= 15 is 0 Å². The average molecular weight is 478 g/mol. The van der Waals surface area contributed by atoms with Gasteiger partial charge >= 0.3 is 0 Å². The van der Waals surface area contributed by atoms with Crippen LogP contribution in [0.5, 0.6) is 0 Å². The minimum Gasteiger partial charge on any atom is -0.310 e. The largest absolute Gasteiger partial charge is 0.310 e. The quantitative estimate of drug-likeness (QED) is 0.223. The first-order valence-corrected chi connectivity index (χ1v) is 12.6. The van der Waals surface area contributed by atoms with E-state index in [-0.39, 0.29) is 0 Å². The molecule has 0 atom stereocenters. The summed E-state index contributed by atoms with van der Waals surface area (Å²) >= 11 is 0. The van der Waals surface area contributed by atoms with E-state index in [1.165, 1.54) is 5.56 Å². The fourth-order valence-corrected chi connectivity index (χ4v) is 5.17. The highest BCUT2D eigenvalue weighted by molar-refractivity contribution is 5.76. The maximum atomic E-state index is 4.76. The van der Waals surface area contributed by atoms with Crippen molar-refractivity contribution in [2.45, 2.75) is 12.0 Å². The van der Waals surface area contributed by atoms with Crippen molar-refractivity contribution in [2.24, 2.45) is 0 Å². The molecule has 0 N–H and O–H groups in total. The van der Waals surface area contributed by atoms with E-state index in [4.69, 9.17) is 9.97 Å². The molecule has 0 bridgehead atoms. The molecule has 0 saturated heterocycles. The van der Waals surface area contributed by atoms with Gasteiger partial charge in [-0.1, -0.05) is 133 Å². The van der Waals surface area contributed by atoms with E-state index in [2.05, 4.69) is 138 Å². The van der Waals surface area contributed by atoms with Crippen molar-refractivity contribution in [3.8, 4) is 0 Å². The predicted molar refractivity (Wildman–Crippen MR) is 151 cm³/mol. The maximum absolute atomic E-state index is 4.76. The lowest BCUT2D eigenvalue weighted by Crippen LogP contribution is -2.37. The van der Waals surface area contributed by atoms with Gasteiger partial charge in [-0.2, -0.15) is 0 Å². The van der Waals surface area contributed by atoms with Crippen LogP contribution in [-0.2, 0) is 12.0 Å². The Morgan fingerprint density at radius 1 is 0.622 bits per heavy atom. The number of allylic oxidation sites excluding steroid dienone is 1. The number of imidazole rings is 1. The van der Waals surface area contributed by atoms with Gasteiger partial charge in [0.15, 0.2) is 5.65 Å². The molecule has 6 aromatic rings.